The Hall–Kier alpha value is -1.27. The smallest absolute Gasteiger partial charge is 0.246 e. The van der Waals surface area contributed by atoms with Gasteiger partial charge in [0, 0.05) is 20.0 Å². The van der Waals surface area contributed by atoms with Crippen LogP contribution in [0.15, 0.2) is 42.5 Å². The zero-order chi connectivity index (χ0) is 15.4. The summed E-state index contributed by atoms with van der Waals surface area (Å²) in [4.78, 5) is 12.2. The summed E-state index contributed by atoms with van der Waals surface area (Å²) in [5.74, 6) is -0.0979. The Kier molecular flexibility index (Phi) is 5.47. The second kappa shape index (κ2) is 7.13. The summed E-state index contributed by atoms with van der Waals surface area (Å²) in [5.41, 5.74) is 2.64. The molecule has 0 bridgehead atoms. The first-order valence-electron chi connectivity index (χ1n) is 6.55. The highest BCUT2D eigenvalue weighted by atomic mass is 127. The maximum atomic E-state index is 12.2. The highest BCUT2D eigenvalue weighted by molar-refractivity contribution is 14.1. The third-order valence-corrected chi connectivity index (χ3v) is 3.96. The molecule has 0 saturated heterocycles. The molecule has 2 rings (SSSR count). The van der Waals surface area contributed by atoms with Crippen molar-refractivity contribution >= 4 is 51.5 Å². The SMILES string of the molecule is Cc1ccc(Cl)cc1NC(=O)C(C)Nc1cccc(I)c1. The molecule has 2 aromatic carbocycles. The van der Waals surface area contributed by atoms with Crippen molar-refractivity contribution < 1.29 is 4.79 Å². The van der Waals surface area contributed by atoms with Crippen LogP contribution in [-0.4, -0.2) is 11.9 Å². The summed E-state index contributed by atoms with van der Waals surface area (Å²) in [7, 11) is 0. The van der Waals surface area contributed by atoms with Crippen molar-refractivity contribution in [1.29, 1.82) is 0 Å². The minimum Gasteiger partial charge on any atom is -0.374 e. The van der Waals surface area contributed by atoms with Gasteiger partial charge >= 0.3 is 0 Å². The molecule has 1 amide bonds. The molecule has 0 spiro atoms. The monoisotopic (exact) mass is 414 g/mol. The molecule has 0 aromatic heterocycles. The van der Waals surface area contributed by atoms with Crippen molar-refractivity contribution in [3.8, 4) is 0 Å². The number of carbonyl (C=O) groups excluding carboxylic acids is 1. The number of anilines is 2. The molecule has 2 aromatic rings. The Morgan fingerprint density at radius 2 is 2.00 bits per heavy atom. The minimum atomic E-state index is -0.346. The molecule has 0 aliphatic carbocycles. The maximum Gasteiger partial charge on any atom is 0.246 e. The number of aryl methyl sites for hydroxylation is 1. The van der Waals surface area contributed by atoms with E-state index < -0.39 is 0 Å². The molecular formula is C16H16ClIN2O. The molecule has 0 fully saturated rings. The molecule has 1 atom stereocenters. The van der Waals surface area contributed by atoms with Gasteiger partial charge in [-0.3, -0.25) is 4.79 Å². The van der Waals surface area contributed by atoms with Crippen LogP contribution >= 0.6 is 34.2 Å². The topological polar surface area (TPSA) is 41.1 Å². The third kappa shape index (κ3) is 4.61. The first-order chi connectivity index (χ1) is 9.95. The fraction of sp³-hybridized carbons (Fsp3) is 0.188. The Labute approximate surface area is 143 Å². The molecule has 1 unspecified atom stereocenters. The largest absolute Gasteiger partial charge is 0.374 e. The van der Waals surface area contributed by atoms with Crippen molar-refractivity contribution in [2.45, 2.75) is 19.9 Å². The number of nitrogens with one attached hydrogen (secondary N) is 2. The molecule has 5 heteroatoms. The predicted molar refractivity (Wildman–Crippen MR) is 97.1 cm³/mol. The number of benzene rings is 2. The Balaban J connectivity index is 2.04. The zero-order valence-electron chi connectivity index (χ0n) is 11.8. The Bertz CT molecular complexity index is 660. The van der Waals surface area contributed by atoms with Crippen LogP contribution in [0.2, 0.25) is 5.02 Å². The normalized spacial score (nSPS) is 11.8. The lowest BCUT2D eigenvalue weighted by molar-refractivity contribution is -0.116. The fourth-order valence-corrected chi connectivity index (χ4v) is 2.58. The van der Waals surface area contributed by atoms with Crippen molar-refractivity contribution in [2.75, 3.05) is 10.6 Å². The van der Waals surface area contributed by atoms with Gasteiger partial charge in [-0.25, -0.2) is 0 Å². The van der Waals surface area contributed by atoms with Crippen LogP contribution in [-0.2, 0) is 4.79 Å². The van der Waals surface area contributed by atoms with E-state index in [0.717, 1.165) is 20.5 Å². The molecule has 0 aliphatic rings. The lowest BCUT2D eigenvalue weighted by Crippen LogP contribution is -2.32. The number of hydrogen-bond acceptors (Lipinski definition) is 2. The summed E-state index contributed by atoms with van der Waals surface area (Å²) in [6.45, 7) is 3.76. The van der Waals surface area contributed by atoms with Crippen LogP contribution in [0.25, 0.3) is 0 Å². The van der Waals surface area contributed by atoms with Crippen molar-refractivity contribution in [3.05, 3.63) is 56.6 Å². The number of carbonyl (C=O) groups is 1. The van der Waals surface area contributed by atoms with Crippen LogP contribution in [0, 0.1) is 10.5 Å². The Morgan fingerprint density at radius 3 is 2.71 bits per heavy atom. The highest BCUT2D eigenvalue weighted by Crippen LogP contribution is 2.20. The van der Waals surface area contributed by atoms with Gasteiger partial charge in [-0.1, -0.05) is 23.7 Å². The van der Waals surface area contributed by atoms with Crippen molar-refractivity contribution in [2.24, 2.45) is 0 Å². The van der Waals surface area contributed by atoms with Crippen molar-refractivity contribution in [3.63, 3.8) is 0 Å². The maximum absolute atomic E-state index is 12.2. The van der Waals surface area contributed by atoms with Crippen LogP contribution in [0.3, 0.4) is 0 Å². The molecule has 110 valence electrons. The molecule has 0 saturated carbocycles. The van der Waals surface area contributed by atoms with Crippen LogP contribution in [0.4, 0.5) is 11.4 Å². The molecular weight excluding hydrogens is 399 g/mol. The van der Waals surface area contributed by atoms with Gasteiger partial charge in [-0.2, -0.15) is 0 Å². The van der Waals surface area contributed by atoms with E-state index in [4.69, 9.17) is 11.6 Å². The summed E-state index contributed by atoms with van der Waals surface area (Å²) >= 11 is 8.20. The lowest BCUT2D eigenvalue weighted by atomic mass is 10.2. The van der Waals surface area contributed by atoms with E-state index in [1.165, 1.54) is 0 Å². The van der Waals surface area contributed by atoms with E-state index in [1.807, 2.05) is 44.2 Å². The summed E-state index contributed by atoms with van der Waals surface area (Å²) in [6.07, 6.45) is 0. The number of amides is 1. The van der Waals surface area contributed by atoms with Gasteiger partial charge in [0.25, 0.3) is 0 Å². The van der Waals surface area contributed by atoms with Gasteiger partial charge in [0.2, 0.25) is 5.91 Å². The van der Waals surface area contributed by atoms with E-state index in [0.29, 0.717) is 5.02 Å². The number of hydrogen-bond donors (Lipinski definition) is 2. The fourth-order valence-electron chi connectivity index (χ4n) is 1.86. The lowest BCUT2D eigenvalue weighted by Gasteiger charge is -2.16. The van der Waals surface area contributed by atoms with Gasteiger partial charge in [0.05, 0.1) is 0 Å². The first kappa shape index (κ1) is 16.1. The predicted octanol–water partition coefficient (Wildman–Crippen LogP) is 4.69. The molecule has 2 N–H and O–H groups in total. The second-order valence-corrected chi connectivity index (χ2v) is 6.51. The second-order valence-electron chi connectivity index (χ2n) is 4.82. The molecule has 3 nitrogen and oxygen atoms in total. The third-order valence-electron chi connectivity index (χ3n) is 3.06. The van der Waals surface area contributed by atoms with Crippen LogP contribution in [0.5, 0.6) is 0 Å². The van der Waals surface area contributed by atoms with Gasteiger partial charge in [-0.05, 0) is 72.3 Å². The molecule has 0 heterocycles. The molecule has 21 heavy (non-hydrogen) atoms. The highest BCUT2D eigenvalue weighted by Gasteiger charge is 2.14. The Morgan fingerprint density at radius 1 is 1.24 bits per heavy atom. The van der Waals surface area contributed by atoms with Crippen molar-refractivity contribution in [1.82, 2.24) is 0 Å². The summed E-state index contributed by atoms with van der Waals surface area (Å²) in [5, 5.41) is 6.69. The average molecular weight is 415 g/mol. The quantitative estimate of drug-likeness (QED) is 0.713. The van der Waals surface area contributed by atoms with E-state index in [9.17, 15) is 4.79 Å². The minimum absolute atomic E-state index is 0.0979. The number of rotatable bonds is 4. The van der Waals surface area contributed by atoms with Crippen LogP contribution < -0.4 is 10.6 Å². The molecule has 0 aliphatic heterocycles. The van der Waals surface area contributed by atoms with E-state index >= 15 is 0 Å². The van der Waals surface area contributed by atoms with Crippen LogP contribution in [0.1, 0.15) is 12.5 Å². The summed E-state index contributed by atoms with van der Waals surface area (Å²) < 4.78 is 1.12. The van der Waals surface area contributed by atoms with E-state index in [1.54, 1.807) is 12.1 Å². The van der Waals surface area contributed by atoms with E-state index in [-0.39, 0.29) is 11.9 Å². The number of halogens is 2. The van der Waals surface area contributed by atoms with Gasteiger partial charge < -0.3 is 10.6 Å². The average Bonchev–Trinajstić information content (AvgIpc) is 2.43. The van der Waals surface area contributed by atoms with Gasteiger partial charge in [0.1, 0.15) is 6.04 Å². The van der Waals surface area contributed by atoms with Gasteiger partial charge in [0.15, 0.2) is 0 Å². The first-order valence-corrected chi connectivity index (χ1v) is 8.00. The standard InChI is InChI=1S/C16H16ClIN2O/c1-10-6-7-12(17)8-15(10)20-16(21)11(2)19-14-5-3-4-13(18)9-14/h3-9,11,19H,1-2H3,(H,20,21). The van der Waals surface area contributed by atoms with E-state index in [2.05, 4.69) is 33.2 Å². The van der Waals surface area contributed by atoms with Gasteiger partial charge in [-0.15, -0.1) is 0 Å². The zero-order valence-corrected chi connectivity index (χ0v) is 14.7. The summed E-state index contributed by atoms with van der Waals surface area (Å²) in [6, 6.07) is 13.0. The molecule has 0 radical (unpaired) electrons.